The van der Waals surface area contributed by atoms with E-state index in [1.165, 1.54) is 6.20 Å². The van der Waals surface area contributed by atoms with Crippen molar-refractivity contribution in [3.8, 4) is 0 Å². The number of anilines is 1. The van der Waals surface area contributed by atoms with Crippen LogP contribution < -0.4 is 5.73 Å². The summed E-state index contributed by atoms with van der Waals surface area (Å²) < 4.78 is 0. The van der Waals surface area contributed by atoms with Crippen molar-refractivity contribution in [3.05, 3.63) is 53.2 Å². The topological polar surface area (TPSA) is 59.1 Å². The maximum atomic E-state index is 10.1. The number of hydrogen-bond acceptors (Lipinski definition) is 4. The summed E-state index contributed by atoms with van der Waals surface area (Å²) in [5.41, 5.74) is 6.30. The van der Waals surface area contributed by atoms with Crippen molar-refractivity contribution >= 4 is 29.2 Å². The number of rotatable bonds is 4. The molecule has 0 amide bonds. The van der Waals surface area contributed by atoms with E-state index in [0.717, 1.165) is 4.90 Å². The van der Waals surface area contributed by atoms with Gasteiger partial charge in [0.25, 0.3) is 0 Å². The lowest BCUT2D eigenvalue weighted by Crippen LogP contribution is -2.06. The predicted molar refractivity (Wildman–Crippen MR) is 75.8 cm³/mol. The SMILES string of the molecule is Nc1ncc(Cl)cc1C(O)CSc1ccccc1. The molecule has 0 aliphatic carbocycles. The highest BCUT2D eigenvalue weighted by molar-refractivity contribution is 7.99. The van der Waals surface area contributed by atoms with Crippen LogP contribution in [0.4, 0.5) is 5.82 Å². The summed E-state index contributed by atoms with van der Waals surface area (Å²) >= 11 is 7.40. The van der Waals surface area contributed by atoms with Crippen molar-refractivity contribution in [2.75, 3.05) is 11.5 Å². The molecule has 0 aliphatic rings. The lowest BCUT2D eigenvalue weighted by molar-refractivity contribution is 0.204. The van der Waals surface area contributed by atoms with Gasteiger partial charge in [0.1, 0.15) is 5.82 Å². The van der Waals surface area contributed by atoms with Gasteiger partial charge in [0.2, 0.25) is 0 Å². The van der Waals surface area contributed by atoms with Gasteiger partial charge in [-0.3, -0.25) is 0 Å². The lowest BCUT2D eigenvalue weighted by Gasteiger charge is -2.12. The number of benzene rings is 1. The summed E-state index contributed by atoms with van der Waals surface area (Å²) in [6.45, 7) is 0. The molecule has 3 N–H and O–H groups in total. The van der Waals surface area contributed by atoms with E-state index in [0.29, 0.717) is 22.2 Å². The standard InChI is InChI=1S/C13H13ClN2OS/c14-9-6-11(13(15)16-7-9)12(17)8-18-10-4-2-1-3-5-10/h1-7,12,17H,8H2,(H2,15,16). The largest absolute Gasteiger partial charge is 0.387 e. The Morgan fingerprint density at radius 3 is 2.78 bits per heavy atom. The number of aliphatic hydroxyl groups is 1. The first kappa shape index (κ1) is 13.2. The van der Waals surface area contributed by atoms with Crippen molar-refractivity contribution in [2.24, 2.45) is 0 Å². The van der Waals surface area contributed by atoms with Crippen LogP contribution in [0.2, 0.25) is 5.02 Å². The average molecular weight is 281 g/mol. The molecule has 0 spiro atoms. The Balaban J connectivity index is 2.03. The summed E-state index contributed by atoms with van der Waals surface area (Å²) in [5.74, 6) is 0.830. The fraction of sp³-hybridized carbons (Fsp3) is 0.154. The molecule has 1 aromatic heterocycles. The number of thioether (sulfide) groups is 1. The third-order valence-corrected chi connectivity index (χ3v) is 3.72. The molecule has 0 radical (unpaired) electrons. The van der Waals surface area contributed by atoms with Gasteiger partial charge in [-0.05, 0) is 18.2 Å². The zero-order valence-corrected chi connectivity index (χ0v) is 11.2. The van der Waals surface area contributed by atoms with Gasteiger partial charge >= 0.3 is 0 Å². The third kappa shape index (κ3) is 3.38. The van der Waals surface area contributed by atoms with E-state index in [1.54, 1.807) is 17.8 Å². The fourth-order valence-corrected chi connectivity index (χ4v) is 2.56. The molecule has 0 saturated carbocycles. The Morgan fingerprint density at radius 1 is 1.33 bits per heavy atom. The summed E-state index contributed by atoms with van der Waals surface area (Å²) in [6, 6.07) is 11.5. The van der Waals surface area contributed by atoms with Crippen LogP contribution in [0.5, 0.6) is 0 Å². The summed E-state index contributed by atoms with van der Waals surface area (Å²) in [6.07, 6.45) is 0.790. The molecule has 2 rings (SSSR count). The number of nitrogen functional groups attached to an aromatic ring is 1. The van der Waals surface area contributed by atoms with E-state index >= 15 is 0 Å². The minimum absolute atomic E-state index is 0.320. The number of halogens is 1. The van der Waals surface area contributed by atoms with E-state index in [2.05, 4.69) is 4.98 Å². The van der Waals surface area contributed by atoms with Gasteiger partial charge in [-0.1, -0.05) is 29.8 Å². The maximum Gasteiger partial charge on any atom is 0.129 e. The zero-order chi connectivity index (χ0) is 13.0. The number of pyridine rings is 1. The Labute approximate surface area is 115 Å². The van der Waals surface area contributed by atoms with Crippen molar-refractivity contribution in [3.63, 3.8) is 0 Å². The second-order valence-electron chi connectivity index (χ2n) is 3.77. The highest BCUT2D eigenvalue weighted by Gasteiger charge is 2.13. The van der Waals surface area contributed by atoms with E-state index in [1.807, 2.05) is 30.3 Å². The Bertz CT molecular complexity index is 522. The van der Waals surface area contributed by atoms with E-state index in [4.69, 9.17) is 17.3 Å². The van der Waals surface area contributed by atoms with Crippen molar-refractivity contribution in [2.45, 2.75) is 11.0 Å². The van der Waals surface area contributed by atoms with Gasteiger partial charge in [0.05, 0.1) is 11.1 Å². The van der Waals surface area contributed by atoms with Crippen LogP contribution in [0.15, 0.2) is 47.5 Å². The van der Waals surface area contributed by atoms with E-state index in [-0.39, 0.29) is 0 Å². The highest BCUT2D eigenvalue weighted by atomic mass is 35.5. The smallest absolute Gasteiger partial charge is 0.129 e. The Hall–Kier alpha value is -1.23. The molecule has 0 saturated heterocycles. The molecule has 1 atom stereocenters. The van der Waals surface area contributed by atoms with E-state index < -0.39 is 6.10 Å². The van der Waals surface area contributed by atoms with Gasteiger partial charge < -0.3 is 10.8 Å². The molecule has 2 aromatic rings. The summed E-state index contributed by atoms with van der Waals surface area (Å²) in [5, 5.41) is 10.6. The number of nitrogens with zero attached hydrogens (tertiary/aromatic N) is 1. The number of aliphatic hydroxyl groups excluding tert-OH is 1. The molecule has 18 heavy (non-hydrogen) atoms. The van der Waals surface area contributed by atoms with Crippen LogP contribution in [0.1, 0.15) is 11.7 Å². The van der Waals surface area contributed by atoms with Gasteiger partial charge in [0, 0.05) is 22.4 Å². The first-order valence-electron chi connectivity index (χ1n) is 5.43. The molecule has 5 heteroatoms. The zero-order valence-electron chi connectivity index (χ0n) is 9.58. The normalized spacial score (nSPS) is 12.3. The molecule has 0 aliphatic heterocycles. The monoisotopic (exact) mass is 280 g/mol. The number of nitrogens with two attached hydrogens (primary N) is 1. The first-order chi connectivity index (χ1) is 8.66. The first-order valence-corrected chi connectivity index (χ1v) is 6.80. The van der Waals surface area contributed by atoms with Crippen molar-refractivity contribution < 1.29 is 5.11 Å². The van der Waals surface area contributed by atoms with Crippen LogP contribution in [0.3, 0.4) is 0 Å². The van der Waals surface area contributed by atoms with Gasteiger partial charge in [-0.2, -0.15) is 0 Å². The molecule has 1 aromatic carbocycles. The minimum atomic E-state index is -0.679. The molecule has 0 bridgehead atoms. The molecular formula is C13H13ClN2OS. The van der Waals surface area contributed by atoms with Crippen LogP contribution in [-0.4, -0.2) is 15.8 Å². The molecule has 3 nitrogen and oxygen atoms in total. The van der Waals surface area contributed by atoms with E-state index in [9.17, 15) is 5.11 Å². The quantitative estimate of drug-likeness (QED) is 0.845. The fourth-order valence-electron chi connectivity index (χ4n) is 1.51. The van der Waals surface area contributed by atoms with Gasteiger partial charge in [-0.25, -0.2) is 4.98 Å². The predicted octanol–water partition coefficient (Wildman–Crippen LogP) is 3.14. The summed E-state index contributed by atoms with van der Waals surface area (Å²) in [4.78, 5) is 5.03. The molecule has 94 valence electrons. The van der Waals surface area contributed by atoms with Gasteiger partial charge in [0.15, 0.2) is 0 Å². The molecule has 0 fully saturated rings. The Kier molecular flexibility index (Phi) is 4.47. The van der Waals surface area contributed by atoms with Crippen LogP contribution in [-0.2, 0) is 0 Å². The Morgan fingerprint density at radius 2 is 2.06 bits per heavy atom. The average Bonchev–Trinajstić information content (AvgIpc) is 2.40. The highest BCUT2D eigenvalue weighted by Crippen LogP contribution is 2.28. The molecule has 1 unspecified atom stereocenters. The lowest BCUT2D eigenvalue weighted by atomic mass is 10.1. The number of aromatic nitrogens is 1. The molecular weight excluding hydrogens is 268 g/mol. The van der Waals surface area contributed by atoms with Crippen LogP contribution in [0, 0.1) is 0 Å². The minimum Gasteiger partial charge on any atom is -0.387 e. The second kappa shape index (κ2) is 6.09. The third-order valence-electron chi connectivity index (χ3n) is 2.43. The van der Waals surface area contributed by atoms with Crippen molar-refractivity contribution in [1.82, 2.24) is 4.98 Å². The van der Waals surface area contributed by atoms with Gasteiger partial charge in [-0.15, -0.1) is 11.8 Å². The second-order valence-corrected chi connectivity index (χ2v) is 5.30. The molecule has 1 heterocycles. The van der Waals surface area contributed by atoms with Crippen LogP contribution in [0.25, 0.3) is 0 Å². The number of hydrogen-bond donors (Lipinski definition) is 2. The van der Waals surface area contributed by atoms with Crippen LogP contribution >= 0.6 is 23.4 Å². The summed E-state index contributed by atoms with van der Waals surface area (Å²) in [7, 11) is 0. The van der Waals surface area contributed by atoms with Crippen molar-refractivity contribution in [1.29, 1.82) is 0 Å². The maximum absolute atomic E-state index is 10.1.